The lowest BCUT2D eigenvalue weighted by Crippen LogP contribution is -2.30. The summed E-state index contributed by atoms with van der Waals surface area (Å²) >= 11 is 1.36. The van der Waals surface area contributed by atoms with Crippen molar-refractivity contribution in [2.24, 2.45) is 0 Å². The smallest absolute Gasteiger partial charge is 0.267 e. The third-order valence-corrected chi connectivity index (χ3v) is 7.62. The van der Waals surface area contributed by atoms with Crippen LogP contribution in [0, 0.1) is 6.92 Å². The number of amides is 1. The summed E-state index contributed by atoms with van der Waals surface area (Å²) in [6.07, 6.45) is 1.77. The van der Waals surface area contributed by atoms with E-state index in [4.69, 9.17) is 4.74 Å². The summed E-state index contributed by atoms with van der Waals surface area (Å²) in [4.78, 5) is 17.9. The second-order valence-corrected chi connectivity index (χ2v) is 9.43. The highest BCUT2D eigenvalue weighted by molar-refractivity contribution is 7.89. The van der Waals surface area contributed by atoms with Crippen molar-refractivity contribution in [3.8, 4) is 5.75 Å². The Morgan fingerprint density at radius 2 is 1.90 bits per heavy atom. The van der Waals surface area contributed by atoms with Gasteiger partial charge in [0.25, 0.3) is 5.91 Å². The van der Waals surface area contributed by atoms with Crippen LogP contribution < -0.4 is 10.1 Å². The van der Waals surface area contributed by atoms with Crippen LogP contribution in [-0.2, 0) is 16.4 Å². The summed E-state index contributed by atoms with van der Waals surface area (Å²) in [7, 11) is -3.65. The lowest BCUT2D eigenvalue weighted by atomic mass is 10.2. The normalized spacial score (nSPS) is 11.7. The van der Waals surface area contributed by atoms with Crippen molar-refractivity contribution < 1.29 is 17.9 Å². The van der Waals surface area contributed by atoms with E-state index in [2.05, 4.69) is 17.2 Å². The van der Waals surface area contributed by atoms with E-state index in [1.165, 1.54) is 27.8 Å². The van der Waals surface area contributed by atoms with Crippen molar-refractivity contribution in [3.05, 3.63) is 33.8 Å². The lowest BCUT2D eigenvalue weighted by Gasteiger charge is -2.20. The minimum atomic E-state index is -3.65. The predicted octanol–water partition coefficient (Wildman–Crippen LogP) is 4.09. The van der Waals surface area contributed by atoms with Crippen LogP contribution in [-0.4, -0.2) is 43.3 Å². The Morgan fingerprint density at radius 1 is 1.21 bits per heavy atom. The highest BCUT2D eigenvalue weighted by atomic mass is 32.2. The molecule has 2 aromatic rings. The summed E-state index contributed by atoms with van der Waals surface area (Å²) in [5, 5.41) is 3.73. The van der Waals surface area contributed by atoms with Crippen LogP contribution >= 0.6 is 11.3 Å². The lowest BCUT2D eigenvalue weighted by molar-refractivity contribution is 0.102. The van der Waals surface area contributed by atoms with E-state index in [1.54, 1.807) is 26.8 Å². The Balaban J connectivity index is 2.41. The van der Waals surface area contributed by atoms with Gasteiger partial charge in [-0.25, -0.2) is 13.4 Å². The molecule has 7 nitrogen and oxygen atoms in total. The van der Waals surface area contributed by atoms with E-state index in [1.807, 2.05) is 6.92 Å². The number of nitrogens with zero attached hydrogens (tertiary/aromatic N) is 2. The monoisotopic (exact) mass is 439 g/mol. The average Bonchev–Trinajstić information content (AvgIpc) is 3.04. The van der Waals surface area contributed by atoms with Crippen LogP contribution in [0.3, 0.4) is 0 Å². The summed E-state index contributed by atoms with van der Waals surface area (Å²) in [5.74, 6) is 0.107. The molecule has 0 spiro atoms. The van der Waals surface area contributed by atoms with E-state index in [0.717, 1.165) is 17.8 Å². The fourth-order valence-electron chi connectivity index (χ4n) is 2.92. The molecule has 0 aliphatic rings. The first-order valence-corrected chi connectivity index (χ1v) is 12.1. The molecule has 9 heteroatoms. The van der Waals surface area contributed by atoms with Gasteiger partial charge in [0.1, 0.15) is 10.6 Å². The summed E-state index contributed by atoms with van der Waals surface area (Å²) in [6, 6.07) is 4.54. The number of hydrogen-bond acceptors (Lipinski definition) is 6. The molecule has 1 aromatic carbocycles. The number of carbonyl (C=O) groups is 1. The molecule has 0 aliphatic carbocycles. The number of sulfonamides is 1. The van der Waals surface area contributed by atoms with Crippen LogP contribution in [0.2, 0.25) is 0 Å². The SMILES string of the molecule is CCCc1nc(C)c(C(=O)Nc2cc(S(=O)(=O)N(CC)CC)ccc2OCC)s1. The molecular weight excluding hydrogens is 410 g/mol. The van der Waals surface area contributed by atoms with Gasteiger partial charge in [0.05, 0.1) is 27.9 Å². The first-order chi connectivity index (χ1) is 13.8. The average molecular weight is 440 g/mol. The molecule has 1 N–H and O–H groups in total. The summed E-state index contributed by atoms with van der Waals surface area (Å²) < 4.78 is 32.7. The largest absolute Gasteiger partial charge is 0.492 e. The molecule has 0 bridgehead atoms. The third-order valence-electron chi connectivity index (χ3n) is 4.35. The summed E-state index contributed by atoms with van der Waals surface area (Å²) in [6.45, 7) is 10.4. The fourth-order valence-corrected chi connectivity index (χ4v) is 5.47. The standard InChI is InChI=1S/C20H29N3O4S2/c1-6-10-18-21-14(5)19(28-18)20(24)22-16-13-15(11-12-17(16)27-9-4)29(25,26)23(7-2)8-3/h11-13H,6-10H2,1-5H3,(H,22,24). The van der Waals surface area contributed by atoms with Gasteiger partial charge in [-0.05, 0) is 44.9 Å². The van der Waals surface area contributed by atoms with Gasteiger partial charge in [-0.3, -0.25) is 4.79 Å². The molecule has 0 atom stereocenters. The minimum absolute atomic E-state index is 0.118. The van der Waals surface area contributed by atoms with Crippen molar-refractivity contribution in [1.82, 2.24) is 9.29 Å². The maximum Gasteiger partial charge on any atom is 0.267 e. The van der Waals surface area contributed by atoms with Gasteiger partial charge < -0.3 is 10.1 Å². The molecule has 160 valence electrons. The number of nitrogens with one attached hydrogen (secondary N) is 1. The summed E-state index contributed by atoms with van der Waals surface area (Å²) in [5.41, 5.74) is 0.996. The Hall–Kier alpha value is -1.97. The van der Waals surface area contributed by atoms with E-state index >= 15 is 0 Å². The van der Waals surface area contributed by atoms with Gasteiger partial charge in [-0.2, -0.15) is 4.31 Å². The van der Waals surface area contributed by atoms with Crippen LogP contribution in [0.4, 0.5) is 5.69 Å². The van der Waals surface area contributed by atoms with Gasteiger partial charge in [-0.15, -0.1) is 11.3 Å². The Labute approximate surface area is 177 Å². The molecule has 0 aliphatic heterocycles. The zero-order valence-corrected chi connectivity index (χ0v) is 19.2. The number of thiazole rings is 1. The van der Waals surface area contributed by atoms with Crippen LogP contribution in [0.25, 0.3) is 0 Å². The topological polar surface area (TPSA) is 88.6 Å². The number of aromatic nitrogens is 1. The molecule has 1 amide bonds. The molecule has 1 aromatic heterocycles. The van der Waals surface area contributed by atoms with E-state index < -0.39 is 10.0 Å². The van der Waals surface area contributed by atoms with Crippen molar-refractivity contribution in [3.63, 3.8) is 0 Å². The van der Waals surface area contributed by atoms with Crippen LogP contribution in [0.1, 0.15) is 54.5 Å². The zero-order valence-electron chi connectivity index (χ0n) is 17.6. The number of hydrogen-bond donors (Lipinski definition) is 1. The molecular formula is C20H29N3O4S2. The second kappa shape index (κ2) is 10.2. The van der Waals surface area contributed by atoms with Crippen molar-refractivity contribution in [2.75, 3.05) is 25.0 Å². The third kappa shape index (κ3) is 5.34. The van der Waals surface area contributed by atoms with Gasteiger partial charge >= 0.3 is 0 Å². The first kappa shape index (κ1) is 23.3. The van der Waals surface area contributed by atoms with Crippen molar-refractivity contribution in [2.45, 2.75) is 52.4 Å². The highest BCUT2D eigenvalue weighted by Gasteiger charge is 2.24. The van der Waals surface area contributed by atoms with Gasteiger partial charge in [0.2, 0.25) is 10.0 Å². The number of carbonyl (C=O) groups excluding carboxylic acids is 1. The quantitative estimate of drug-likeness (QED) is 0.602. The minimum Gasteiger partial charge on any atom is -0.492 e. The van der Waals surface area contributed by atoms with E-state index in [9.17, 15) is 13.2 Å². The first-order valence-electron chi connectivity index (χ1n) is 9.82. The maximum atomic E-state index is 12.9. The fraction of sp³-hybridized carbons (Fsp3) is 0.500. The Bertz CT molecular complexity index is 951. The number of benzene rings is 1. The zero-order chi connectivity index (χ0) is 21.6. The number of anilines is 1. The molecule has 0 fully saturated rings. The van der Waals surface area contributed by atoms with Crippen molar-refractivity contribution in [1.29, 1.82) is 0 Å². The van der Waals surface area contributed by atoms with Gasteiger partial charge in [0, 0.05) is 13.1 Å². The second-order valence-electron chi connectivity index (χ2n) is 6.41. The van der Waals surface area contributed by atoms with Crippen LogP contribution in [0.15, 0.2) is 23.1 Å². The Kier molecular flexibility index (Phi) is 8.18. The predicted molar refractivity (Wildman–Crippen MR) is 117 cm³/mol. The maximum absolute atomic E-state index is 12.9. The number of rotatable bonds is 10. The van der Waals surface area contributed by atoms with E-state index in [0.29, 0.717) is 41.7 Å². The molecule has 0 saturated carbocycles. The van der Waals surface area contributed by atoms with Crippen LogP contribution in [0.5, 0.6) is 5.75 Å². The van der Waals surface area contributed by atoms with Crippen molar-refractivity contribution >= 4 is 33.0 Å². The number of ether oxygens (including phenoxy) is 1. The number of aryl methyl sites for hydroxylation is 2. The molecule has 0 unspecified atom stereocenters. The molecule has 2 rings (SSSR count). The molecule has 1 heterocycles. The van der Waals surface area contributed by atoms with Gasteiger partial charge in [-0.1, -0.05) is 20.8 Å². The van der Waals surface area contributed by atoms with Gasteiger partial charge in [0.15, 0.2) is 0 Å². The molecule has 0 radical (unpaired) electrons. The highest BCUT2D eigenvalue weighted by Crippen LogP contribution is 2.30. The Morgan fingerprint density at radius 3 is 2.48 bits per heavy atom. The molecule has 29 heavy (non-hydrogen) atoms. The van der Waals surface area contributed by atoms with E-state index in [-0.39, 0.29) is 10.8 Å². The molecule has 0 saturated heterocycles.